The van der Waals surface area contributed by atoms with Crippen molar-refractivity contribution in [1.82, 2.24) is 0 Å². The van der Waals surface area contributed by atoms with Gasteiger partial charge in [-0.15, -0.1) is 0 Å². The maximum atomic E-state index is 12.5. The summed E-state index contributed by atoms with van der Waals surface area (Å²) in [5, 5.41) is 13.2. The molecule has 0 saturated carbocycles. The van der Waals surface area contributed by atoms with Crippen LogP contribution in [0, 0.1) is 0 Å². The first-order valence-corrected chi connectivity index (χ1v) is 8.73. The van der Waals surface area contributed by atoms with Crippen molar-refractivity contribution in [2.45, 2.75) is 17.9 Å². The largest absolute Gasteiger partial charge is 0.296 e. The molecule has 0 fully saturated rings. The zero-order chi connectivity index (χ0) is 18.0. The number of hydrogen-bond acceptors (Lipinski definition) is 6. The van der Waals surface area contributed by atoms with Crippen molar-refractivity contribution in [3.63, 3.8) is 0 Å². The number of azo groups is 1. The highest BCUT2D eigenvalue weighted by molar-refractivity contribution is 7.86. The van der Waals surface area contributed by atoms with Crippen molar-refractivity contribution in [2.24, 2.45) is 15.3 Å². The molecule has 1 N–H and O–H groups in total. The van der Waals surface area contributed by atoms with Crippen LogP contribution >= 0.6 is 0 Å². The van der Waals surface area contributed by atoms with Crippen LogP contribution in [0.5, 0.6) is 0 Å². The van der Waals surface area contributed by atoms with Crippen LogP contribution in [0.4, 0.5) is 11.4 Å². The molecule has 1 amide bonds. The van der Waals surface area contributed by atoms with Gasteiger partial charge in [0.05, 0.1) is 11.4 Å². The number of carbonyl (C=O) groups is 1. The van der Waals surface area contributed by atoms with Crippen LogP contribution < -0.4 is 5.01 Å². The molecule has 1 aliphatic rings. The molecule has 0 aliphatic carbocycles. The molecule has 0 saturated heterocycles. The van der Waals surface area contributed by atoms with E-state index < -0.39 is 22.1 Å². The maximum absolute atomic E-state index is 12.5. The predicted molar refractivity (Wildman–Crippen MR) is 91.6 cm³/mol. The first kappa shape index (κ1) is 16.9. The molecule has 0 unspecified atom stereocenters. The smallest absolute Gasteiger partial charge is 0.282 e. The van der Waals surface area contributed by atoms with Gasteiger partial charge in [0.25, 0.3) is 16.0 Å². The van der Waals surface area contributed by atoms with Gasteiger partial charge in [-0.3, -0.25) is 9.35 Å². The van der Waals surface area contributed by atoms with Crippen molar-refractivity contribution in [1.29, 1.82) is 0 Å². The summed E-state index contributed by atoms with van der Waals surface area (Å²) in [5.74, 6) is -0.392. The molecule has 0 radical (unpaired) electrons. The van der Waals surface area contributed by atoms with Crippen LogP contribution in [0.3, 0.4) is 0 Å². The molecular formula is C16H14N4O4S. The minimum Gasteiger partial charge on any atom is -0.282 e. The highest BCUT2D eigenvalue weighted by Crippen LogP contribution is 2.26. The number of benzene rings is 2. The van der Waals surface area contributed by atoms with Gasteiger partial charge in [0.1, 0.15) is 10.6 Å². The summed E-state index contributed by atoms with van der Waals surface area (Å²) < 4.78 is 32.0. The molecule has 25 heavy (non-hydrogen) atoms. The van der Waals surface area contributed by atoms with Gasteiger partial charge in [-0.2, -0.15) is 28.8 Å². The third kappa shape index (κ3) is 3.47. The lowest BCUT2D eigenvalue weighted by Crippen LogP contribution is -2.29. The second-order valence-corrected chi connectivity index (χ2v) is 6.68. The third-order valence-electron chi connectivity index (χ3n) is 3.52. The van der Waals surface area contributed by atoms with Crippen molar-refractivity contribution >= 4 is 33.1 Å². The monoisotopic (exact) mass is 358 g/mol. The van der Waals surface area contributed by atoms with E-state index in [-0.39, 0.29) is 10.6 Å². The summed E-state index contributed by atoms with van der Waals surface area (Å²) in [6.07, 6.45) is 0. The Morgan fingerprint density at radius 2 is 1.72 bits per heavy atom. The van der Waals surface area contributed by atoms with Crippen LogP contribution in [0.15, 0.2) is 74.8 Å². The van der Waals surface area contributed by atoms with E-state index in [1.165, 1.54) is 23.2 Å². The van der Waals surface area contributed by atoms with Crippen LogP contribution in [-0.2, 0) is 14.9 Å². The number of amides is 1. The number of anilines is 1. The normalized spacial score (nSPS) is 18.0. The summed E-state index contributed by atoms with van der Waals surface area (Å²) in [5.41, 5.74) is 0.980. The zero-order valence-electron chi connectivity index (χ0n) is 13.1. The predicted octanol–water partition coefficient (Wildman–Crippen LogP) is 2.81. The SMILES string of the molecule is CC1=NN(c2ccccc2)C(=O)[C@H]1N=Nc1ccccc1S(=O)(=O)O. The fraction of sp³-hybridized carbons (Fsp3) is 0.125. The van der Waals surface area contributed by atoms with Gasteiger partial charge in [0.2, 0.25) is 0 Å². The van der Waals surface area contributed by atoms with Gasteiger partial charge in [0.15, 0.2) is 6.04 Å². The quantitative estimate of drug-likeness (QED) is 0.669. The van der Waals surface area contributed by atoms with E-state index >= 15 is 0 Å². The molecule has 2 aromatic rings. The lowest BCUT2D eigenvalue weighted by atomic mass is 10.2. The van der Waals surface area contributed by atoms with E-state index in [2.05, 4.69) is 15.3 Å². The molecule has 0 bridgehead atoms. The number of para-hydroxylation sites is 1. The number of carbonyl (C=O) groups excluding carboxylic acids is 1. The first-order chi connectivity index (χ1) is 11.9. The van der Waals surface area contributed by atoms with Crippen LogP contribution in [0.25, 0.3) is 0 Å². The third-order valence-corrected chi connectivity index (χ3v) is 4.42. The van der Waals surface area contributed by atoms with Crippen LogP contribution in [-0.4, -0.2) is 30.6 Å². The van der Waals surface area contributed by atoms with Crippen LogP contribution in [0.2, 0.25) is 0 Å². The minimum atomic E-state index is -4.44. The van der Waals surface area contributed by atoms with Gasteiger partial charge < -0.3 is 0 Å². The zero-order valence-corrected chi connectivity index (χ0v) is 14.0. The Kier molecular flexibility index (Phi) is 4.43. The molecule has 8 nitrogen and oxygen atoms in total. The average molecular weight is 358 g/mol. The number of hydrogen-bond donors (Lipinski definition) is 1. The Morgan fingerprint density at radius 3 is 2.40 bits per heavy atom. The Morgan fingerprint density at radius 1 is 1.08 bits per heavy atom. The molecule has 128 valence electrons. The van der Waals surface area contributed by atoms with E-state index in [0.29, 0.717) is 11.4 Å². The van der Waals surface area contributed by atoms with Gasteiger partial charge in [-0.05, 0) is 31.2 Å². The fourth-order valence-electron chi connectivity index (χ4n) is 2.32. The lowest BCUT2D eigenvalue weighted by Gasteiger charge is -2.11. The molecule has 0 spiro atoms. The molecule has 2 aromatic carbocycles. The first-order valence-electron chi connectivity index (χ1n) is 7.29. The Labute approximate surface area is 144 Å². The summed E-state index contributed by atoms with van der Waals surface area (Å²) in [6, 6.07) is 13.5. The molecule has 1 aliphatic heterocycles. The molecular weight excluding hydrogens is 344 g/mol. The topological polar surface area (TPSA) is 112 Å². The van der Waals surface area contributed by atoms with Crippen molar-refractivity contribution in [3.8, 4) is 0 Å². The number of nitrogens with zero attached hydrogens (tertiary/aromatic N) is 4. The van der Waals surface area contributed by atoms with Gasteiger partial charge in [0, 0.05) is 0 Å². The number of rotatable bonds is 4. The van der Waals surface area contributed by atoms with Gasteiger partial charge >= 0.3 is 0 Å². The number of hydrazone groups is 1. The second kappa shape index (κ2) is 6.54. The van der Waals surface area contributed by atoms with E-state index in [1.54, 1.807) is 37.3 Å². The molecule has 1 atom stereocenters. The highest BCUT2D eigenvalue weighted by atomic mass is 32.2. The van der Waals surface area contributed by atoms with E-state index in [1.807, 2.05) is 6.07 Å². The van der Waals surface area contributed by atoms with E-state index in [0.717, 1.165) is 0 Å². The molecule has 3 rings (SSSR count). The van der Waals surface area contributed by atoms with E-state index in [4.69, 9.17) is 0 Å². The Bertz CT molecular complexity index is 971. The Hall–Kier alpha value is -2.91. The molecule has 9 heteroatoms. The van der Waals surface area contributed by atoms with Gasteiger partial charge in [-0.25, -0.2) is 0 Å². The lowest BCUT2D eigenvalue weighted by molar-refractivity contribution is -0.117. The Balaban J connectivity index is 1.89. The summed E-state index contributed by atoms with van der Waals surface area (Å²) in [7, 11) is -4.44. The fourth-order valence-corrected chi connectivity index (χ4v) is 2.94. The highest BCUT2D eigenvalue weighted by Gasteiger charge is 2.34. The van der Waals surface area contributed by atoms with E-state index in [9.17, 15) is 17.8 Å². The van der Waals surface area contributed by atoms with Gasteiger partial charge in [-0.1, -0.05) is 30.3 Å². The molecule has 1 heterocycles. The standard InChI is InChI=1S/C16H14N4O4S/c1-11-15(16(21)20(19-11)12-7-3-2-4-8-12)18-17-13-9-5-6-10-14(13)25(22,23)24/h2-10,15H,1H3,(H,22,23,24)/t15-/m0/s1. The van der Waals surface area contributed by atoms with Crippen molar-refractivity contribution in [2.75, 3.05) is 5.01 Å². The van der Waals surface area contributed by atoms with Crippen LogP contribution in [0.1, 0.15) is 6.92 Å². The summed E-state index contributed by atoms with van der Waals surface area (Å²) in [4.78, 5) is 12.1. The van der Waals surface area contributed by atoms with Crippen molar-refractivity contribution in [3.05, 3.63) is 54.6 Å². The maximum Gasteiger partial charge on any atom is 0.296 e. The minimum absolute atomic E-state index is 0.0521. The second-order valence-electron chi connectivity index (χ2n) is 5.29. The van der Waals surface area contributed by atoms with Crippen molar-refractivity contribution < 1.29 is 17.8 Å². The molecule has 0 aromatic heterocycles. The summed E-state index contributed by atoms with van der Waals surface area (Å²) in [6.45, 7) is 1.64. The average Bonchev–Trinajstić information content (AvgIpc) is 2.87. The summed E-state index contributed by atoms with van der Waals surface area (Å²) >= 11 is 0.